The molecule has 1 aromatic carbocycles. The van der Waals surface area contributed by atoms with Crippen LogP contribution < -0.4 is 4.74 Å². The highest BCUT2D eigenvalue weighted by Crippen LogP contribution is 2.31. The summed E-state index contributed by atoms with van der Waals surface area (Å²) in [6.45, 7) is 4.72. The van der Waals surface area contributed by atoms with Gasteiger partial charge in [-0.25, -0.2) is 0 Å². The second-order valence-corrected chi connectivity index (χ2v) is 5.04. The lowest BCUT2D eigenvalue weighted by atomic mass is 10.1. The van der Waals surface area contributed by atoms with Crippen molar-refractivity contribution in [2.24, 2.45) is 0 Å². The molecular formula is C12H13NOS2. The maximum absolute atomic E-state index is 5.61. The first kappa shape index (κ1) is 11.4. The molecule has 0 spiro atoms. The average Bonchev–Trinajstić information content (AvgIpc) is 2.68. The van der Waals surface area contributed by atoms with Gasteiger partial charge < -0.3 is 9.72 Å². The minimum absolute atomic E-state index is 0.668. The molecule has 4 heteroatoms. The van der Waals surface area contributed by atoms with Crippen LogP contribution >= 0.6 is 23.6 Å². The Morgan fingerprint density at radius 2 is 2.25 bits per heavy atom. The maximum atomic E-state index is 5.61. The topological polar surface area (TPSA) is 25.0 Å². The van der Waals surface area contributed by atoms with E-state index in [4.69, 9.17) is 17.0 Å². The van der Waals surface area contributed by atoms with Gasteiger partial charge in [-0.05, 0) is 38.2 Å². The van der Waals surface area contributed by atoms with Crippen molar-refractivity contribution in [3.8, 4) is 17.0 Å². The lowest BCUT2D eigenvalue weighted by molar-refractivity contribution is 0.341. The molecule has 1 N–H and O–H groups in total. The first-order chi connectivity index (χ1) is 7.70. The summed E-state index contributed by atoms with van der Waals surface area (Å²) in [5.74, 6) is 0.900. The molecule has 2 nitrogen and oxygen atoms in total. The molecule has 2 rings (SSSR count). The van der Waals surface area contributed by atoms with E-state index in [0.717, 1.165) is 21.0 Å². The Hall–Kier alpha value is -1.13. The fourth-order valence-electron chi connectivity index (χ4n) is 1.55. The summed E-state index contributed by atoms with van der Waals surface area (Å²) in [5.41, 5.74) is 3.32. The number of aryl methyl sites for hydroxylation is 1. The third-order valence-electron chi connectivity index (χ3n) is 2.25. The van der Waals surface area contributed by atoms with Gasteiger partial charge in [0.2, 0.25) is 0 Å². The minimum Gasteiger partial charge on any atom is -0.493 e. The van der Waals surface area contributed by atoms with Crippen LogP contribution in [0.2, 0.25) is 0 Å². The summed E-state index contributed by atoms with van der Waals surface area (Å²) >= 11 is 6.63. The average molecular weight is 251 g/mol. The van der Waals surface area contributed by atoms with Crippen molar-refractivity contribution in [2.45, 2.75) is 13.8 Å². The van der Waals surface area contributed by atoms with Gasteiger partial charge in [0.1, 0.15) is 5.75 Å². The Labute approximate surface area is 104 Å². The molecule has 2 aromatic rings. The summed E-state index contributed by atoms with van der Waals surface area (Å²) in [6, 6.07) is 6.16. The van der Waals surface area contributed by atoms with E-state index in [9.17, 15) is 0 Å². The van der Waals surface area contributed by atoms with Gasteiger partial charge in [0, 0.05) is 10.9 Å². The van der Waals surface area contributed by atoms with Crippen LogP contribution in [0, 0.1) is 10.9 Å². The fraction of sp³-hybridized carbons (Fsp3) is 0.250. The number of thiazole rings is 1. The molecule has 0 bridgehead atoms. The van der Waals surface area contributed by atoms with Crippen molar-refractivity contribution >= 4 is 23.6 Å². The molecule has 1 heterocycles. The van der Waals surface area contributed by atoms with Crippen molar-refractivity contribution in [1.29, 1.82) is 0 Å². The van der Waals surface area contributed by atoms with Crippen LogP contribution in [0.15, 0.2) is 23.6 Å². The number of ether oxygens (including phenoxy) is 1. The zero-order chi connectivity index (χ0) is 11.5. The van der Waals surface area contributed by atoms with Crippen molar-refractivity contribution in [3.63, 3.8) is 0 Å². The monoisotopic (exact) mass is 251 g/mol. The molecule has 1 aromatic heterocycles. The lowest BCUT2D eigenvalue weighted by Crippen LogP contribution is -1.94. The standard InChI is InChI=1S/C12H13NOS2/c1-3-14-11-5-4-8(2)6-9(11)10-7-16-12(15)13-10/h4-7H,3H2,1-2H3,(H,13,15). The van der Waals surface area contributed by atoms with Gasteiger partial charge in [-0.3, -0.25) is 0 Å². The Morgan fingerprint density at radius 1 is 1.44 bits per heavy atom. The highest BCUT2D eigenvalue weighted by atomic mass is 32.1. The second kappa shape index (κ2) is 4.80. The predicted octanol–water partition coefficient (Wildman–Crippen LogP) is 4.18. The Morgan fingerprint density at radius 3 is 2.88 bits per heavy atom. The molecule has 84 valence electrons. The Balaban J connectivity index is 2.52. The van der Waals surface area contributed by atoms with Gasteiger partial charge in [-0.15, -0.1) is 11.3 Å². The molecule has 0 atom stereocenters. The molecule has 0 radical (unpaired) electrons. The quantitative estimate of drug-likeness (QED) is 0.828. The molecule has 0 aliphatic carbocycles. The van der Waals surface area contributed by atoms with Gasteiger partial charge in [0.15, 0.2) is 3.95 Å². The van der Waals surface area contributed by atoms with Crippen LogP contribution in [0.1, 0.15) is 12.5 Å². The van der Waals surface area contributed by atoms with Crippen molar-refractivity contribution in [1.82, 2.24) is 4.98 Å². The number of hydrogen-bond acceptors (Lipinski definition) is 3. The Kier molecular flexibility index (Phi) is 3.41. The van der Waals surface area contributed by atoms with Gasteiger partial charge in [-0.1, -0.05) is 11.6 Å². The molecule has 0 saturated carbocycles. The largest absolute Gasteiger partial charge is 0.493 e. The number of aromatic amines is 1. The molecule has 0 aliphatic rings. The molecule has 0 saturated heterocycles. The summed E-state index contributed by atoms with van der Waals surface area (Å²) < 4.78 is 6.40. The van der Waals surface area contributed by atoms with E-state index in [2.05, 4.69) is 24.0 Å². The van der Waals surface area contributed by atoms with Crippen LogP contribution in [0.4, 0.5) is 0 Å². The molecular weight excluding hydrogens is 238 g/mol. The summed E-state index contributed by atoms with van der Waals surface area (Å²) in [5, 5.41) is 2.03. The highest BCUT2D eigenvalue weighted by molar-refractivity contribution is 7.73. The number of aromatic nitrogens is 1. The molecule has 0 unspecified atom stereocenters. The fourth-order valence-corrected chi connectivity index (χ4v) is 2.38. The normalized spacial score (nSPS) is 10.4. The number of rotatable bonds is 3. The van der Waals surface area contributed by atoms with E-state index in [-0.39, 0.29) is 0 Å². The summed E-state index contributed by atoms with van der Waals surface area (Å²) in [6.07, 6.45) is 0. The SMILES string of the molecule is CCOc1ccc(C)cc1-c1csc(=S)[nH]1. The molecule has 16 heavy (non-hydrogen) atoms. The van der Waals surface area contributed by atoms with Crippen LogP contribution in [-0.2, 0) is 0 Å². The van der Waals surface area contributed by atoms with Crippen LogP contribution in [0.5, 0.6) is 5.75 Å². The van der Waals surface area contributed by atoms with Gasteiger partial charge in [0.05, 0.1) is 12.3 Å². The zero-order valence-electron chi connectivity index (χ0n) is 9.24. The maximum Gasteiger partial charge on any atom is 0.158 e. The number of nitrogens with one attached hydrogen (secondary N) is 1. The van der Waals surface area contributed by atoms with E-state index in [1.54, 1.807) is 0 Å². The highest BCUT2D eigenvalue weighted by Gasteiger charge is 2.07. The van der Waals surface area contributed by atoms with E-state index in [1.165, 1.54) is 16.9 Å². The summed E-state index contributed by atoms with van der Waals surface area (Å²) in [4.78, 5) is 3.17. The van der Waals surface area contributed by atoms with Crippen LogP contribution in [0.3, 0.4) is 0 Å². The lowest BCUT2D eigenvalue weighted by Gasteiger charge is -2.09. The van der Waals surface area contributed by atoms with E-state index in [1.807, 2.05) is 18.4 Å². The number of benzene rings is 1. The van der Waals surface area contributed by atoms with Crippen LogP contribution in [-0.4, -0.2) is 11.6 Å². The first-order valence-electron chi connectivity index (χ1n) is 5.12. The predicted molar refractivity (Wildman–Crippen MR) is 70.8 cm³/mol. The third-order valence-corrected chi connectivity index (χ3v) is 3.31. The summed E-state index contributed by atoms with van der Waals surface area (Å²) in [7, 11) is 0. The van der Waals surface area contributed by atoms with Gasteiger partial charge in [-0.2, -0.15) is 0 Å². The van der Waals surface area contributed by atoms with Crippen molar-refractivity contribution in [2.75, 3.05) is 6.61 Å². The van der Waals surface area contributed by atoms with Gasteiger partial charge >= 0.3 is 0 Å². The first-order valence-corrected chi connectivity index (χ1v) is 6.41. The minimum atomic E-state index is 0.668. The zero-order valence-corrected chi connectivity index (χ0v) is 10.9. The van der Waals surface area contributed by atoms with E-state index in [0.29, 0.717) is 6.61 Å². The van der Waals surface area contributed by atoms with Crippen molar-refractivity contribution in [3.05, 3.63) is 33.1 Å². The molecule has 0 fully saturated rings. The Bertz CT molecular complexity index is 542. The van der Waals surface area contributed by atoms with E-state index >= 15 is 0 Å². The smallest absolute Gasteiger partial charge is 0.158 e. The van der Waals surface area contributed by atoms with E-state index < -0.39 is 0 Å². The molecule has 0 amide bonds. The number of hydrogen-bond donors (Lipinski definition) is 1. The van der Waals surface area contributed by atoms with Crippen LogP contribution in [0.25, 0.3) is 11.3 Å². The third kappa shape index (κ3) is 2.33. The molecule has 0 aliphatic heterocycles. The second-order valence-electron chi connectivity index (χ2n) is 3.49. The van der Waals surface area contributed by atoms with Gasteiger partial charge in [0.25, 0.3) is 0 Å². The number of H-pyrrole nitrogens is 1. The van der Waals surface area contributed by atoms with Crippen molar-refractivity contribution < 1.29 is 4.74 Å².